The number of aromatic nitrogens is 2. The van der Waals surface area contributed by atoms with Gasteiger partial charge in [-0.3, -0.25) is 15.1 Å². The molecule has 1 aliphatic heterocycles. The zero-order valence-corrected chi connectivity index (χ0v) is 12.6. The lowest BCUT2D eigenvalue weighted by molar-refractivity contribution is -0.384. The predicted molar refractivity (Wildman–Crippen MR) is 85.2 cm³/mol. The second kappa shape index (κ2) is 6.29. The molecule has 0 aromatic carbocycles. The summed E-state index contributed by atoms with van der Waals surface area (Å²) in [7, 11) is 0. The second-order valence-electron chi connectivity index (χ2n) is 5.85. The van der Waals surface area contributed by atoms with Gasteiger partial charge in [0.25, 0.3) is 0 Å². The predicted octanol–water partition coefficient (Wildman–Crippen LogP) is 1.96. The van der Waals surface area contributed by atoms with Crippen LogP contribution in [-0.2, 0) is 6.42 Å². The fraction of sp³-hybridized carbons (Fsp3) is 0.375. The number of hydrogen-bond acceptors (Lipinski definition) is 6. The smallest absolute Gasteiger partial charge is 0.311 e. The molecule has 0 atom stereocenters. The van der Waals surface area contributed by atoms with Crippen molar-refractivity contribution in [2.45, 2.75) is 24.9 Å². The summed E-state index contributed by atoms with van der Waals surface area (Å²) in [5, 5.41) is 21.9. The molecule has 3 rings (SSSR count). The highest BCUT2D eigenvalue weighted by atomic mass is 16.6. The molecule has 120 valence electrons. The van der Waals surface area contributed by atoms with Gasteiger partial charge in [-0.1, -0.05) is 0 Å². The third-order valence-corrected chi connectivity index (χ3v) is 4.24. The Morgan fingerprint density at radius 2 is 1.91 bits per heavy atom. The van der Waals surface area contributed by atoms with Crippen molar-refractivity contribution in [3.63, 3.8) is 0 Å². The Morgan fingerprint density at radius 3 is 2.57 bits per heavy atom. The minimum Gasteiger partial charge on any atom is -0.389 e. The Morgan fingerprint density at radius 1 is 1.22 bits per heavy atom. The molecule has 1 aliphatic rings. The summed E-state index contributed by atoms with van der Waals surface area (Å²) in [6.45, 7) is 1.08. The summed E-state index contributed by atoms with van der Waals surface area (Å²) >= 11 is 0. The highest BCUT2D eigenvalue weighted by Crippen LogP contribution is 2.32. The van der Waals surface area contributed by atoms with Gasteiger partial charge < -0.3 is 10.0 Å². The molecule has 0 saturated carbocycles. The molecule has 0 bridgehead atoms. The number of pyridine rings is 2. The molecule has 0 spiro atoms. The van der Waals surface area contributed by atoms with Gasteiger partial charge in [0.05, 0.1) is 10.5 Å². The summed E-state index contributed by atoms with van der Waals surface area (Å²) in [6, 6.07) is 6.81. The number of nitro groups is 1. The van der Waals surface area contributed by atoms with Gasteiger partial charge in [-0.15, -0.1) is 0 Å². The van der Waals surface area contributed by atoms with Gasteiger partial charge in [-0.2, -0.15) is 0 Å². The monoisotopic (exact) mass is 314 g/mol. The van der Waals surface area contributed by atoms with E-state index in [-0.39, 0.29) is 5.69 Å². The molecule has 0 radical (unpaired) electrons. The Hall–Kier alpha value is -2.54. The van der Waals surface area contributed by atoms with Gasteiger partial charge >= 0.3 is 5.69 Å². The molecular formula is C16H18N4O3. The van der Waals surface area contributed by atoms with Gasteiger partial charge in [-0.25, -0.2) is 4.98 Å². The lowest BCUT2D eigenvalue weighted by Crippen LogP contribution is -2.46. The van der Waals surface area contributed by atoms with Crippen molar-refractivity contribution in [2.24, 2.45) is 0 Å². The van der Waals surface area contributed by atoms with Gasteiger partial charge in [0.2, 0.25) is 5.82 Å². The number of aliphatic hydroxyl groups is 1. The lowest BCUT2D eigenvalue weighted by Gasteiger charge is -2.38. The molecule has 1 saturated heterocycles. The van der Waals surface area contributed by atoms with E-state index in [9.17, 15) is 15.2 Å². The minimum atomic E-state index is -0.790. The van der Waals surface area contributed by atoms with Crippen LogP contribution in [0.3, 0.4) is 0 Å². The molecule has 0 amide bonds. The van der Waals surface area contributed by atoms with Crippen molar-refractivity contribution >= 4 is 11.5 Å². The molecular weight excluding hydrogens is 296 g/mol. The van der Waals surface area contributed by atoms with Gasteiger partial charge in [0, 0.05) is 44.2 Å². The standard InChI is InChI=1S/C16H18N4O3/c21-16(12-13-3-8-17-9-4-13)5-10-19(11-6-16)15-14(20(22)23)2-1-7-18-15/h1-4,7-9,21H,5-6,10-12H2. The summed E-state index contributed by atoms with van der Waals surface area (Å²) in [6.07, 6.45) is 6.63. The first-order valence-electron chi connectivity index (χ1n) is 7.53. The van der Waals surface area contributed by atoms with Gasteiger partial charge in [0.1, 0.15) is 0 Å². The highest BCUT2D eigenvalue weighted by Gasteiger charge is 2.34. The Bertz CT molecular complexity index is 685. The number of rotatable bonds is 4. The molecule has 2 aromatic heterocycles. The van der Waals surface area contributed by atoms with Crippen molar-refractivity contribution in [3.05, 3.63) is 58.5 Å². The normalized spacial score (nSPS) is 17.0. The van der Waals surface area contributed by atoms with Crippen molar-refractivity contribution in [2.75, 3.05) is 18.0 Å². The zero-order valence-electron chi connectivity index (χ0n) is 12.6. The van der Waals surface area contributed by atoms with E-state index in [0.717, 1.165) is 5.56 Å². The molecule has 0 unspecified atom stereocenters. The van der Waals surface area contributed by atoms with Crippen molar-refractivity contribution in [3.8, 4) is 0 Å². The minimum absolute atomic E-state index is 0.00655. The van der Waals surface area contributed by atoms with Crippen LogP contribution in [0.15, 0.2) is 42.9 Å². The van der Waals surface area contributed by atoms with Gasteiger partial charge in [-0.05, 0) is 36.6 Å². The van der Waals surface area contributed by atoms with Crippen LogP contribution in [0, 0.1) is 10.1 Å². The van der Waals surface area contributed by atoms with E-state index in [1.165, 1.54) is 6.07 Å². The summed E-state index contributed by atoms with van der Waals surface area (Å²) in [5.41, 5.74) is 0.258. The quantitative estimate of drug-likeness (QED) is 0.685. The maximum absolute atomic E-state index is 11.1. The molecule has 23 heavy (non-hydrogen) atoms. The van der Waals surface area contributed by atoms with Crippen LogP contribution in [0.2, 0.25) is 0 Å². The summed E-state index contributed by atoms with van der Waals surface area (Å²) in [4.78, 5) is 20.7. The molecule has 1 fully saturated rings. The van der Waals surface area contributed by atoms with Gasteiger partial charge in [0.15, 0.2) is 0 Å². The highest BCUT2D eigenvalue weighted by molar-refractivity contribution is 5.57. The zero-order chi connectivity index (χ0) is 16.3. The van der Waals surface area contributed by atoms with Crippen LogP contribution >= 0.6 is 0 Å². The number of nitrogens with zero attached hydrogens (tertiary/aromatic N) is 4. The van der Waals surface area contributed by atoms with Crippen LogP contribution in [-0.4, -0.2) is 38.7 Å². The molecule has 7 nitrogen and oxygen atoms in total. The van der Waals surface area contributed by atoms with Crippen LogP contribution in [0.25, 0.3) is 0 Å². The maximum atomic E-state index is 11.1. The average molecular weight is 314 g/mol. The van der Waals surface area contributed by atoms with E-state index in [2.05, 4.69) is 9.97 Å². The van der Waals surface area contributed by atoms with E-state index in [0.29, 0.717) is 38.2 Å². The second-order valence-corrected chi connectivity index (χ2v) is 5.85. The van der Waals surface area contributed by atoms with E-state index < -0.39 is 10.5 Å². The first-order valence-corrected chi connectivity index (χ1v) is 7.53. The van der Waals surface area contributed by atoms with E-state index in [1.807, 2.05) is 17.0 Å². The largest absolute Gasteiger partial charge is 0.389 e. The van der Waals surface area contributed by atoms with E-state index in [4.69, 9.17) is 0 Å². The molecule has 3 heterocycles. The third kappa shape index (κ3) is 3.45. The van der Waals surface area contributed by atoms with Crippen LogP contribution in [0.4, 0.5) is 11.5 Å². The topological polar surface area (TPSA) is 92.4 Å². The lowest BCUT2D eigenvalue weighted by atomic mass is 9.85. The number of piperidine rings is 1. The Labute approximate surface area is 133 Å². The SMILES string of the molecule is O=[N+]([O-])c1cccnc1N1CCC(O)(Cc2ccncc2)CC1. The molecule has 1 N–H and O–H groups in total. The first kappa shape index (κ1) is 15.4. The summed E-state index contributed by atoms with van der Waals surface area (Å²) < 4.78 is 0. The van der Waals surface area contributed by atoms with Crippen molar-refractivity contribution in [1.29, 1.82) is 0 Å². The van der Waals surface area contributed by atoms with Crippen LogP contribution in [0.5, 0.6) is 0 Å². The molecule has 0 aliphatic carbocycles. The Kier molecular flexibility index (Phi) is 4.20. The molecule has 2 aromatic rings. The molecule has 7 heteroatoms. The van der Waals surface area contributed by atoms with Crippen molar-refractivity contribution < 1.29 is 10.0 Å². The number of hydrogen-bond donors (Lipinski definition) is 1. The van der Waals surface area contributed by atoms with Crippen LogP contribution in [0.1, 0.15) is 18.4 Å². The van der Waals surface area contributed by atoms with Crippen LogP contribution < -0.4 is 4.90 Å². The fourth-order valence-electron chi connectivity index (χ4n) is 2.97. The summed E-state index contributed by atoms with van der Waals surface area (Å²) in [5.74, 6) is 0.378. The maximum Gasteiger partial charge on any atom is 0.311 e. The van der Waals surface area contributed by atoms with Crippen molar-refractivity contribution in [1.82, 2.24) is 9.97 Å². The fourth-order valence-corrected chi connectivity index (χ4v) is 2.97. The number of anilines is 1. The van der Waals surface area contributed by atoms with E-state index in [1.54, 1.807) is 24.7 Å². The average Bonchev–Trinajstić information content (AvgIpc) is 2.56. The van der Waals surface area contributed by atoms with E-state index >= 15 is 0 Å². The Balaban J connectivity index is 1.70. The first-order chi connectivity index (χ1) is 11.1. The third-order valence-electron chi connectivity index (χ3n) is 4.24.